The Morgan fingerprint density at radius 2 is 1.81 bits per heavy atom. The predicted molar refractivity (Wildman–Crippen MR) is 106 cm³/mol. The molecule has 3 rings (SSSR count). The fraction of sp³-hybridized carbons (Fsp3) is 0.273. The number of imidazole rings is 1. The number of hydrogen-bond donors (Lipinski definition) is 1. The lowest BCUT2D eigenvalue weighted by Gasteiger charge is -2.10. The van der Waals surface area contributed by atoms with Crippen molar-refractivity contribution >= 4 is 5.91 Å². The van der Waals surface area contributed by atoms with Crippen LogP contribution in [0, 0.1) is 6.92 Å². The maximum absolute atomic E-state index is 12.0. The van der Waals surface area contributed by atoms with E-state index in [2.05, 4.69) is 24.1 Å². The van der Waals surface area contributed by atoms with E-state index in [9.17, 15) is 4.79 Å². The highest BCUT2D eigenvalue weighted by Crippen LogP contribution is 2.18. The van der Waals surface area contributed by atoms with Gasteiger partial charge in [0.2, 0.25) is 0 Å². The molecule has 1 amide bonds. The summed E-state index contributed by atoms with van der Waals surface area (Å²) in [6.07, 6.45) is 3.71. The molecule has 0 saturated carbocycles. The lowest BCUT2D eigenvalue weighted by atomic mass is 10.0. The largest absolute Gasteiger partial charge is 0.484 e. The number of amides is 1. The summed E-state index contributed by atoms with van der Waals surface area (Å²) in [6.45, 7) is 6.73. The standard InChI is InChI=1S/C22H25N3O2/c1-16(2)19-6-10-21(11-7-19)27-15-22(26)24-14-18-4-8-20(9-5-18)25-13-12-23-17(25)3/h4-13,16H,14-15H2,1-3H3,(H,24,26). The van der Waals surface area contributed by atoms with Crippen LogP contribution in [0.5, 0.6) is 5.75 Å². The van der Waals surface area contributed by atoms with E-state index >= 15 is 0 Å². The molecule has 0 fully saturated rings. The number of aryl methyl sites for hydroxylation is 1. The van der Waals surface area contributed by atoms with Crippen LogP contribution in [0.25, 0.3) is 5.69 Å². The van der Waals surface area contributed by atoms with Gasteiger partial charge in [0.05, 0.1) is 0 Å². The molecule has 0 saturated heterocycles. The number of benzene rings is 2. The molecule has 0 unspecified atom stereocenters. The van der Waals surface area contributed by atoms with E-state index in [-0.39, 0.29) is 12.5 Å². The molecule has 0 aliphatic rings. The Labute approximate surface area is 160 Å². The van der Waals surface area contributed by atoms with E-state index in [0.29, 0.717) is 18.2 Å². The topological polar surface area (TPSA) is 56.2 Å². The van der Waals surface area contributed by atoms with Gasteiger partial charge in [-0.05, 0) is 48.2 Å². The van der Waals surface area contributed by atoms with Gasteiger partial charge >= 0.3 is 0 Å². The van der Waals surface area contributed by atoms with Gasteiger partial charge in [-0.25, -0.2) is 4.98 Å². The van der Waals surface area contributed by atoms with Crippen LogP contribution in [-0.2, 0) is 11.3 Å². The number of rotatable bonds is 7. The van der Waals surface area contributed by atoms with Gasteiger partial charge in [0, 0.05) is 24.6 Å². The monoisotopic (exact) mass is 363 g/mol. The van der Waals surface area contributed by atoms with Crippen LogP contribution in [0.4, 0.5) is 0 Å². The fourth-order valence-corrected chi connectivity index (χ4v) is 2.77. The third-order valence-electron chi connectivity index (χ3n) is 4.45. The summed E-state index contributed by atoms with van der Waals surface area (Å²) in [5.74, 6) is 1.98. The molecule has 1 N–H and O–H groups in total. The van der Waals surface area contributed by atoms with Gasteiger partial charge in [-0.2, -0.15) is 0 Å². The number of carbonyl (C=O) groups is 1. The van der Waals surface area contributed by atoms with Crippen LogP contribution in [0.2, 0.25) is 0 Å². The van der Waals surface area contributed by atoms with Gasteiger partial charge < -0.3 is 14.6 Å². The predicted octanol–water partition coefficient (Wildman–Crippen LogP) is 4.00. The lowest BCUT2D eigenvalue weighted by molar-refractivity contribution is -0.123. The maximum atomic E-state index is 12.0. The van der Waals surface area contributed by atoms with Crippen molar-refractivity contribution in [3.8, 4) is 11.4 Å². The summed E-state index contributed by atoms with van der Waals surface area (Å²) in [6, 6.07) is 15.9. The molecule has 27 heavy (non-hydrogen) atoms. The quantitative estimate of drug-likeness (QED) is 0.690. The van der Waals surface area contributed by atoms with Crippen LogP contribution in [0.3, 0.4) is 0 Å². The highest BCUT2D eigenvalue weighted by molar-refractivity contribution is 5.77. The Morgan fingerprint density at radius 1 is 1.11 bits per heavy atom. The van der Waals surface area contributed by atoms with Crippen LogP contribution in [-0.4, -0.2) is 22.1 Å². The molecular weight excluding hydrogens is 338 g/mol. The van der Waals surface area contributed by atoms with E-state index in [1.807, 2.05) is 66.2 Å². The van der Waals surface area contributed by atoms with Crippen molar-refractivity contribution in [2.45, 2.75) is 33.2 Å². The SMILES string of the molecule is Cc1nccn1-c1ccc(CNC(=O)COc2ccc(C(C)C)cc2)cc1. The number of carbonyl (C=O) groups excluding carboxylic acids is 1. The van der Waals surface area contributed by atoms with E-state index in [4.69, 9.17) is 4.74 Å². The molecule has 0 atom stereocenters. The molecule has 5 nitrogen and oxygen atoms in total. The molecule has 0 aliphatic heterocycles. The molecule has 0 bridgehead atoms. The van der Waals surface area contributed by atoms with Crippen molar-refractivity contribution in [1.82, 2.24) is 14.9 Å². The number of hydrogen-bond acceptors (Lipinski definition) is 3. The molecule has 0 aliphatic carbocycles. The Kier molecular flexibility index (Phi) is 5.91. The zero-order valence-corrected chi connectivity index (χ0v) is 16.0. The second kappa shape index (κ2) is 8.54. The van der Waals surface area contributed by atoms with Gasteiger partial charge in [0.1, 0.15) is 11.6 Å². The van der Waals surface area contributed by atoms with Crippen LogP contribution in [0.1, 0.15) is 36.7 Å². The normalized spacial score (nSPS) is 10.8. The van der Waals surface area contributed by atoms with Crippen molar-refractivity contribution in [2.75, 3.05) is 6.61 Å². The molecule has 3 aromatic rings. The minimum atomic E-state index is -0.141. The smallest absolute Gasteiger partial charge is 0.258 e. The highest BCUT2D eigenvalue weighted by Gasteiger charge is 2.05. The minimum Gasteiger partial charge on any atom is -0.484 e. The number of aromatic nitrogens is 2. The van der Waals surface area contributed by atoms with Gasteiger partial charge in [-0.1, -0.05) is 38.1 Å². The molecule has 5 heteroatoms. The zero-order chi connectivity index (χ0) is 19.2. The first kappa shape index (κ1) is 18.7. The summed E-state index contributed by atoms with van der Waals surface area (Å²) < 4.78 is 7.56. The van der Waals surface area contributed by atoms with Crippen molar-refractivity contribution in [1.29, 1.82) is 0 Å². The highest BCUT2D eigenvalue weighted by atomic mass is 16.5. The first-order chi connectivity index (χ1) is 13.0. The molecule has 140 valence electrons. The second-order valence-corrected chi connectivity index (χ2v) is 6.80. The Hall–Kier alpha value is -3.08. The van der Waals surface area contributed by atoms with E-state index in [1.165, 1.54) is 5.56 Å². The van der Waals surface area contributed by atoms with Crippen LogP contribution in [0.15, 0.2) is 60.9 Å². The lowest BCUT2D eigenvalue weighted by Crippen LogP contribution is -2.28. The van der Waals surface area contributed by atoms with Crippen molar-refractivity contribution in [2.24, 2.45) is 0 Å². The van der Waals surface area contributed by atoms with Crippen molar-refractivity contribution in [3.05, 3.63) is 77.9 Å². The summed E-state index contributed by atoms with van der Waals surface area (Å²) in [4.78, 5) is 16.2. The van der Waals surface area contributed by atoms with E-state index in [0.717, 1.165) is 17.1 Å². The first-order valence-corrected chi connectivity index (χ1v) is 9.11. The second-order valence-electron chi connectivity index (χ2n) is 6.80. The van der Waals surface area contributed by atoms with Crippen molar-refractivity contribution < 1.29 is 9.53 Å². The van der Waals surface area contributed by atoms with Crippen molar-refractivity contribution in [3.63, 3.8) is 0 Å². The summed E-state index contributed by atoms with van der Waals surface area (Å²) >= 11 is 0. The number of ether oxygens (including phenoxy) is 1. The first-order valence-electron chi connectivity index (χ1n) is 9.11. The average molecular weight is 363 g/mol. The van der Waals surface area contributed by atoms with E-state index in [1.54, 1.807) is 6.20 Å². The molecular formula is C22H25N3O2. The Bertz CT molecular complexity index is 881. The van der Waals surface area contributed by atoms with Gasteiger partial charge in [-0.15, -0.1) is 0 Å². The Morgan fingerprint density at radius 3 is 2.41 bits per heavy atom. The molecule has 2 aromatic carbocycles. The summed E-state index contributed by atoms with van der Waals surface area (Å²) in [5, 5.41) is 2.88. The third kappa shape index (κ3) is 4.97. The maximum Gasteiger partial charge on any atom is 0.258 e. The molecule has 1 aromatic heterocycles. The summed E-state index contributed by atoms with van der Waals surface area (Å²) in [5.41, 5.74) is 3.33. The van der Waals surface area contributed by atoms with E-state index < -0.39 is 0 Å². The molecule has 0 spiro atoms. The summed E-state index contributed by atoms with van der Waals surface area (Å²) in [7, 11) is 0. The Balaban J connectivity index is 1.47. The number of nitrogens with one attached hydrogen (secondary N) is 1. The van der Waals surface area contributed by atoms with Gasteiger partial charge in [0.25, 0.3) is 5.91 Å². The third-order valence-corrected chi connectivity index (χ3v) is 4.45. The van der Waals surface area contributed by atoms with Gasteiger partial charge in [0.15, 0.2) is 6.61 Å². The van der Waals surface area contributed by atoms with Crippen LogP contribution < -0.4 is 10.1 Å². The minimum absolute atomic E-state index is 0.00728. The zero-order valence-electron chi connectivity index (χ0n) is 16.0. The van der Waals surface area contributed by atoms with Gasteiger partial charge in [-0.3, -0.25) is 4.79 Å². The molecule has 1 heterocycles. The number of nitrogens with zero attached hydrogens (tertiary/aromatic N) is 2. The molecule has 0 radical (unpaired) electrons. The fourth-order valence-electron chi connectivity index (χ4n) is 2.77. The average Bonchev–Trinajstić information content (AvgIpc) is 3.11. The van der Waals surface area contributed by atoms with Crippen LogP contribution >= 0.6 is 0 Å².